The molecule has 0 aromatic carbocycles. The Morgan fingerprint density at radius 3 is 2.96 bits per heavy atom. The fourth-order valence-electron chi connectivity index (χ4n) is 2.97. The zero-order valence-corrected chi connectivity index (χ0v) is 14.2. The van der Waals surface area contributed by atoms with Crippen LogP contribution >= 0.6 is 11.3 Å². The highest BCUT2D eigenvalue weighted by Crippen LogP contribution is 2.21. The summed E-state index contributed by atoms with van der Waals surface area (Å²) in [6.07, 6.45) is 6.91. The average Bonchev–Trinajstić information content (AvgIpc) is 3.21. The number of likely N-dealkylation sites (tertiary alicyclic amines) is 1. The topological polar surface area (TPSA) is 75.4 Å². The summed E-state index contributed by atoms with van der Waals surface area (Å²) in [5, 5.41) is 10.7. The molecule has 7 nitrogen and oxygen atoms in total. The van der Waals surface area contributed by atoms with Crippen LogP contribution in [0.2, 0.25) is 0 Å². The summed E-state index contributed by atoms with van der Waals surface area (Å²) in [4.78, 5) is 23.3. The van der Waals surface area contributed by atoms with E-state index in [1.807, 2.05) is 17.2 Å². The van der Waals surface area contributed by atoms with Gasteiger partial charge in [-0.3, -0.25) is 4.79 Å². The maximum Gasteiger partial charge on any atom is 0.259 e. The number of aryl methyl sites for hydroxylation is 1. The van der Waals surface area contributed by atoms with E-state index in [9.17, 15) is 4.79 Å². The molecule has 1 saturated heterocycles. The van der Waals surface area contributed by atoms with Gasteiger partial charge < -0.3 is 10.2 Å². The number of piperidine rings is 1. The number of carbonyl (C=O) groups excluding carboxylic acids is 1. The van der Waals surface area contributed by atoms with Crippen molar-refractivity contribution in [2.45, 2.75) is 25.8 Å². The Labute approximate surface area is 143 Å². The molecule has 0 atom stereocenters. The van der Waals surface area contributed by atoms with Crippen molar-refractivity contribution < 1.29 is 4.79 Å². The van der Waals surface area contributed by atoms with Gasteiger partial charge in [0, 0.05) is 36.9 Å². The molecule has 4 rings (SSSR count). The van der Waals surface area contributed by atoms with Crippen molar-refractivity contribution in [2.75, 3.05) is 18.4 Å². The van der Waals surface area contributed by atoms with Gasteiger partial charge in [-0.25, -0.2) is 14.5 Å². The van der Waals surface area contributed by atoms with E-state index in [2.05, 4.69) is 20.4 Å². The highest BCUT2D eigenvalue weighted by Gasteiger charge is 2.26. The van der Waals surface area contributed by atoms with Crippen LogP contribution in [0.4, 0.5) is 5.13 Å². The van der Waals surface area contributed by atoms with Crippen molar-refractivity contribution in [3.05, 3.63) is 41.3 Å². The lowest BCUT2D eigenvalue weighted by atomic mass is 10.0. The number of hydrogen-bond donors (Lipinski definition) is 1. The van der Waals surface area contributed by atoms with Gasteiger partial charge in [-0.05, 0) is 25.8 Å². The van der Waals surface area contributed by atoms with E-state index in [-0.39, 0.29) is 5.91 Å². The van der Waals surface area contributed by atoms with E-state index >= 15 is 0 Å². The first-order valence-electron chi connectivity index (χ1n) is 7.97. The first kappa shape index (κ1) is 15.1. The molecule has 1 aliphatic rings. The molecule has 0 spiro atoms. The van der Waals surface area contributed by atoms with Crippen LogP contribution < -0.4 is 5.32 Å². The van der Waals surface area contributed by atoms with Crippen LogP contribution in [0.5, 0.6) is 0 Å². The SMILES string of the molecule is Cc1csc(NC2CCN(C(=O)c3cnn4cccnc34)CC2)n1. The second-order valence-corrected chi connectivity index (χ2v) is 6.81. The third-order valence-corrected chi connectivity index (χ3v) is 5.13. The highest BCUT2D eigenvalue weighted by molar-refractivity contribution is 7.13. The number of nitrogens with one attached hydrogen (secondary N) is 1. The molecule has 0 bridgehead atoms. The molecular formula is C16H18N6OS. The van der Waals surface area contributed by atoms with Crippen molar-refractivity contribution in [1.29, 1.82) is 0 Å². The molecule has 4 heterocycles. The predicted molar refractivity (Wildman–Crippen MR) is 92.4 cm³/mol. The van der Waals surface area contributed by atoms with Gasteiger partial charge in [-0.1, -0.05) is 0 Å². The lowest BCUT2D eigenvalue weighted by Crippen LogP contribution is -2.42. The highest BCUT2D eigenvalue weighted by atomic mass is 32.1. The molecule has 1 N–H and O–H groups in total. The first-order valence-corrected chi connectivity index (χ1v) is 8.85. The Bertz CT molecular complexity index is 864. The molecule has 124 valence electrons. The fraction of sp³-hybridized carbons (Fsp3) is 0.375. The normalized spacial score (nSPS) is 15.8. The predicted octanol–water partition coefficient (Wildman–Crippen LogP) is 2.21. The summed E-state index contributed by atoms with van der Waals surface area (Å²) in [5.74, 6) is 0.00671. The van der Waals surface area contributed by atoms with Gasteiger partial charge >= 0.3 is 0 Å². The van der Waals surface area contributed by atoms with Crippen LogP contribution in [0.25, 0.3) is 5.65 Å². The number of nitrogens with zero attached hydrogens (tertiary/aromatic N) is 5. The quantitative estimate of drug-likeness (QED) is 0.790. The zero-order chi connectivity index (χ0) is 16.5. The number of fused-ring (bicyclic) bond motifs is 1. The number of thiazole rings is 1. The van der Waals surface area contributed by atoms with Crippen LogP contribution in [0.1, 0.15) is 28.9 Å². The summed E-state index contributed by atoms with van der Waals surface area (Å²) in [5.41, 5.74) is 2.22. The summed E-state index contributed by atoms with van der Waals surface area (Å²) in [6.45, 7) is 3.45. The van der Waals surface area contributed by atoms with Crippen LogP contribution in [0.15, 0.2) is 30.0 Å². The maximum atomic E-state index is 12.7. The van der Waals surface area contributed by atoms with Crippen molar-refractivity contribution in [3.63, 3.8) is 0 Å². The minimum atomic E-state index is 0.00671. The van der Waals surface area contributed by atoms with Crippen LogP contribution in [0.3, 0.4) is 0 Å². The Morgan fingerprint density at radius 2 is 2.21 bits per heavy atom. The van der Waals surface area contributed by atoms with Gasteiger partial charge in [-0.15, -0.1) is 11.3 Å². The van der Waals surface area contributed by atoms with E-state index < -0.39 is 0 Å². The Balaban J connectivity index is 1.41. The molecule has 1 aliphatic heterocycles. The van der Waals surface area contributed by atoms with Crippen molar-refractivity contribution in [1.82, 2.24) is 24.5 Å². The van der Waals surface area contributed by atoms with Gasteiger partial charge in [-0.2, -0.15) is 5.10 Å². The maximum absolute atomic E-state index is 12.7. The van der Waals surface area contributed by atoms with Gasteiger partial charge in [0.2, 0.25) is 0 Å². The van der Waals surface area contributed by atoms with Crippen LogP contribution in [0, 0.1) is 6.92 Å². The standard InChI is InChI=1S/C16H18N6OS/c1-11-10-24-16(19-11)20-12-3-7-21(8-4-12)15(23)13-9-18-22-6-2-5-17-14(13)22/h2,5-6,9-10,12H,3-4,7-8H2,1H3,(H,19,20). The Hall–Kier alpha value is -2.48. The third-order valence-electron chi connectivity index (χ3n) is 4.24. The van der Waals surface area contributed by atoms with Gasteiger partial charge in [0.05, 0.1) is 11.9 Å². The monoisotopic (exact) mass is 342 g/mol. The fourth-order valence-corrected chi connectivity index (χ4v) is 3.74. The molecule has 0 radical (unpaired) electrons. The number of aromatic nitrogens is 4. The summed E-state index contributed by atoms with van der Waals surface area (Å²) in [6, 6.07) is 2.16. The summed E-state index contributed by atoms with van der Waals surface area (Å²) < 4.78 is 1.63. The smallest absolute Gasteiger partial charge is 0.259 e. The van der Waals surface area contributed by atoms with Crippen molar-refractivity contribution in [2.24, 2.45) is 0 Å². The number of carbonyl (C=O) groups is 1. The lowest BCUT2D eigenvalue weighted by molar-refractivity contribution is 0.0720. The Morgan fingerprint density at radius 1 is 1.38 bits per heavy atom. The molecule has 1 amide bonds. The second-order valence-electron chi connectivity index (χ2n) is 5.95. The number of rotatable bonds is 3. The minimum Gasteiger partial charge on any atom is -0.359 e. The van der Waals surface area contributed by atoms with Gasteiger partial charge in [0.1, 0.15) is 5.56 Å². The number of hydrogen-bond acceptors (Lipinski definition) is 6. The molecule has 0 aliphatic carbocycles. The lowest BCUT2D eigenvalue weighted by Gasteiger charge is -2.32. The van der Waals surface area contributed by atoms with E-state index in [1.54, 1.807) is 40.5 Å². The van der Waals surface area contributed by atoms with E-state index in [4.69, 9.17) is 0 Å². The molecule has 0 unspecified atom stereocenters. The van der Waals surface area contributed by atoms with Crippen molar-refractivity contribution >= 4 is 28.0 Å². The number of anilines is 1. The van der Waals surface area contributed by atoms with E-state index in [0.29, 0.717) is 17.3 Å². The second kappa shape index (κ2) is 6.20. The average molecular weight is 342 g/mol. The third kappa shape index (κ3) is 2.84. The molecule has 3 aromatic heterocycles. The van der Waals surface area contributed by atoms with E-state index in [0.717, 1.165) is 36.8 Å². The largest absolute Gasteiger partial charge is 0.359 e. The molecule has 1 fully saturated rings. The van der Waals surface area contributed by atoms with Gasteiger partial charge in [0.25, 0.3) is 5.91 Å². The van der Waals surface area contributed by atoms with Gasteiger partial charge in [0.15, 0.2) is 10.8 Å². The first-order chi connectivity index (χ1) is 11.7. The molecule has 0 saturated carbocycles. The Kier molecular flexibility index (Phi) is 3.89. The molecule has 8 heteroatoms. The van der Waals surface area contributed by atoms with E-state index in [1.165, 1.54) is 0 Å². The minimum absolute atomic E-state index is 0.00671. The van der Waals surface area contributed by atoms with Crippen LogP contribution in [-0.4, -0.2) is 49.5 Å². The number of amides is 1. The molecule has 3 aromatic rings. The molecule has 24 heavy (non-hydrogen) atoms. The zero-order valence-electron chi connectivity index (χ0n) is 13.3. The van der Waals surface area contributed by atoms with Crippen LogP contribution in [-0.2, 0) is 0 Å². The molecular weight excluding hydrogens is 324 g/mol. The summed E-state index contributed by atoms with van der Waals surface area (Å²) in [7, 11) is 0. The summed E-state index contributed by atoms with van der Waals surface area (Å²) >= 11 is 1.63. The van der Waals surface area contributed by atoms with Crippen molar-refractivity contribution in [3.8, 4) is 0 Å².